The van der Waals surface area contributed by atoms with Crippen molar-refractivity contribution in [3.05, 3.63) is 59.9 Å². The molecule has 0 radical (unpaired) electrons. The Kier molecular flexibility index (Phi) is 4.83. The van der Waals surface area contributed by atoms with Gasteiger partial charge in [0.25, 0.3) is 0 Å². The lowest BCUT2D eigenvalue weighted by molar-refractivity contribution is 0.310. The average Bonchev–Trinajstić information content (AvgIpc) is 3.37. The van der Waals surface area contributed by atoms with Gasteiger partial charge in [-0.3, -0.25) is 0 Å². The second-order valence-electron chi connectivity index (χ2n) is 5.72. The molecular formula is C18H15FN6O3. The van der Waals surface area contributed by atoms with Gasteiger partial charge in [-0.2, -0.15) is 4.98 Å². The van der Waals surface area contributed by atoms with Crippen molar-refractivity contribution in [2.45, 2.75) is 6.54 Å². The Morgan fingerprint density at radius 1 is 1.00 bits per heavy atom. The second kappa shape index (κ2) is 7.74. The number of anilines is 3. The van der Waals surface area contributed by atoms with Gasteiger partial charge < -0.3 is 19.9 Å². The summed E-state index contributed by atoms with van der Waals surface area (Å²) in [5.74, 6) is 0.994. The van der Waals surface area contributed by atoms with Crippen molar-refractivity contribution in [1.29, 1.82) is 0 Å². The van der Waals surface area contributed by atoms with E-state index in [1.807, 2.05) is 12.1 Å². The lowest BCUT2D eigenvalue weighted by atomic mass is 10.2. The largest absolute Gasteiger partial charge is 0.497 e. The molecule has 2 N–H and O–H groups in total. The van der Waals surface area contributed by atoms with Crippen LogP contribution in [0.2, 0.25) is 0 Å². The van der Waals surface area contributed by atoms with Crippen LogP contribution in [0.5, 0.6) is 5.75 Å². The van der Waals surface area contributed by atoms with Crippen LogP contribution in [0.4, 0.5) is 21.9 Å². The molecule has 0 fully saturated rings. The fraction of sp³-hybridized carbons (Fsp3) is 0.111. The zero-order valence-electron chi connectivity index (χ0n) is 14.7. The number of aromatic nitrogens is 4. The third kappa shape index (κ3) is 3.90. The van der Waals surface area contributed by atoms with Gasteiger partial charge in [0, 0.05) is 12.2 Å². The van der Waals surface area contributed by atoms with E-state index in [9.17, 15) is 4.39 Å². The number of methoxy groups -OCH3 is 1. The molecule has 0 spiro atoms. The van der Waals surface area contributed by atoms with Crippen molar-refractivity contribution in [1.82, 2.24) is 20.5 Å². The second-order valence-corrected chi connectivity index (χ2v) is 5.72. The van der Waals surface area contributed by atoms with Crippen LogP contribution < -0.4 is 15.4 Å². The molecule has 0 aliphatic rings. The predicted octanol–water partition coefficient (Wildman–Crippen LogP) is 3.62. The average molecular weight is 382 g/mol. The summed E-state index contributed by atoms with van der Waals surface area (Å²) >= 11 is 0. The third-order valence-electron chi connectivity index (χ3n) is 3.84. The third-order valence-corrected chi connectivity index (χ3v) is 3.84. The highest BCUT2D eigenvalue weighted by Gasteiger charge is 2.19. The number of nitrogens with zero attached hydrogens (tertiary/aromatic N) is 4. The van der Waals surface area contributed by atoms with Crippen LogP contribution in [0.15, 0.2) is 57.7 Å². The maximum atomic E-state index is 12.9. The Hall–Kier alpha value is -3.95. The molecule has 0 atom stereocenters. The van der Waals surface area contributed by atoms with E-state index in [2.05, 4.69) is 31.1 Å². The van der Waals surface area contributed by atoms with E-state index in [-0.39, 0.29) is 17.7 Å². The monoisotopic (exact) mass is 382 g/mol. The maximum absolute atomic E-state index is 12.9. The molecule has 4 rings (SSSR count). The summed E-state index contributed by atoms with van der Waals surface area (Å²) in [6.45, 7) is 0.399. The summed E-state index contributed by atoms with van der Waals surface area (Å²) in [5.41, 5.74) is 1.93. The molecular weight excluding hydrogens is 367 g/mol. The van der Waals surface area contributed by atoms with E-state index in [0.29, 0.717) is 18.1 Å². The van der Waals surface area contributed by atoms with Crippen molar-refractivity contribution in [2.24, 2.45) is 0 Å². The highest BCUT2D eigenvalue weighted by molar-refractivity contribution is 5.70. The van der Waals surface area contributed by atoms with Crippen molar-refractivity contribution in [2.75, 3.05) is 17.7 Å². The van der Waals surface area contributed by atoms with Crippen LogP contribution in [0.1, 0.15) is 5.56 Å². The molecule has 0 saturated carbocycles. The fourth-order valence-corrected chi connectivity index (χ4v) is 2.40. The molecule has 10 heteroatoms. The summed E-state index contributed by atoms with van der Waals surface area (Å²) in [7, 11) is 1.60. The first-order valence-corrected chi connectivity index (χ1v) is 8.27. The smallest absolute Gasteiger partial charge is 0.322 e. The number of halogens is 1. The number of benzene rings is 2. The summed E-state index contributed by atoms with van der Waals surface area (Å²) < 4.78 is 28.0. The Labute approximate surface area is 158 Å². The van der Waals surface area contributed by atoms with Crippen molar-refractivity contribution >= 4 is 17.5 Å². The molecule has 2 aromatic heterocycles. The molecule has 0 aliphatic carbocycles. The minimum atomic E-state index is -0.292. The minimum absolute atomic E-state index is 0.192. The first-order chi connectivity index (χ1) is 13.7. The number of hydrogen-bond acceptors (Lipinski definition) is 9. The molecule has 0 bridgehead atoms. The van der Waals surface area contributed by atoms with Crippen LogP contribution in [-0.4, -0.2) is 27.6 Å². The molecule has 28 heavy (non-hydrogen) atoms. The number of rotatable bonds is 7. The predicted molar refractivity (Wildman–Crippen MR) is 97.6 cm³/mol. The first kappa shape index (κ1) is 17.5. The highest BCUT2D eigenvalue weighted by Crippen LogP contribution is 2.26. The molecule has 0 amide bonds. The van der Waals surface area contributed by atoms with Gasteiger partial charge in [0.1, 0.15) is 11.6 Å². The number of hydrogen-bond donors (Lipinski definition) is 2. The van der Waals surface area contributed by atoms with E-state index in [1.165, 1.54) is 12.1 Å². The zero-order chi connectivity index (χ0) is 19.3. The molecule has 0 saturated heterocycles. The zero-order valence-corrected chi connectivity index (χ0v) is 14.7. The minimum Gasteiger partial charge on any atom is -0.497 e. The summed E-state index contributed by atoms with van der Waals surface area (Å²) in [5, 5.41) is 17.6. The molecule has 0 aliphatic heterocycles. The van der Waals surface area contributed by atoms with Gasteiger partial charge >= 0.3 is 6.01 Å². The topological polar surface area (TPSA) is 111 Å². The molecule has 0 unspecified atom stereocenters. The molecule has 9 nitrogen and oxygen atoms in total. The van der Waals surface area contributed by atoms with E-state index in [0.717, 1.165) is 17.0 Å². The lowest BCUT2D eigenvalue weighted by Gasteiger charge is -2.04. The molecule has 142 valence electrons. The van der Waals surface area contributed by atoms with Crippen LogP contribution in [0, 0.1) is 5.82 Å². The maximum Gasteiger partial charge on any atom is 0.322 e. The molecule has 4 aromatic rings. The van der Waals surface area contributed by atoms with Crippen molar-refractivity contribution in [3.8, 4) is 17.3 Å². The van der Waals surface area contributed by atoms with Gasteiger partial charge in [-0.1, -0.05) is 17.3 Å². The SMILES string of the molecule is COc1ccc(Nc2nonc2-c2noc(NCc3ccc(F)cc3)n2)cc1. The Morgan fingerprint density at radius 2 is 1.79 bits per heavy atom. The molecule has 2 heterocycles. The van der Waals surface area contributed by atoms with Gasteiger partial charge in [0.05, 0.1) is 7.11 Å². The van der Waals surface area contributed by atoms with Gasteiger partial charge in [0.15, 0.2) is 5.69 Å². The Bertz CT molecular complexity index is 1050. The fourth-order valence-electron chi connectivity index (χ4n) is 2.40. The standard InChI is InChI=1S/C18H15FN6O3/c1-26-14-8-6-13(7-9-14)21-16-15(23-28-25-16)17-22-18(27-24-17)20-10-11-2-4-12(19)5-3-11/h2-9H,10H2,1H3,(H,21,25)(H,20,22,24). The van der Waals surface area contributed by atoms with E-state index in [4.69, 9.17) is 13.9 Å². The Morgan fingerprint density at radius 3 is 2.54 bits per heavy atom. The van der Waals surface area contributed by atoms with Gasteiger partial charge in [-0.25, -0.2) is 9.02 Å². The summed E-state index contributed by atoms with van der Waals surface area (Å²) in [4.78, 5) is 4.23. The van der Waals surface area contributed by atoms with Crippen molar-refractivity contribution in [3.63, 3.8) is 0 Å². The lowest BCUT2D eigenvalue weighted by Crippen LogP contribution is -1.99. The Balaban J connectivity index is 1.45. The van der Waals surface area contributed by atoms with Crippen molar-refractivity contribution < 1.29 is 18.3 Å². The first-order valence-electron chi connectivity index (χ1n) is 8.27. The van der Waals surface area contributed by atoms with Gasteiger partial charge in [-0.05, 0) is 52.3 Å². The highest BCUT2D eigenvalue weighted by atomic mass is 19.1. The van der Waals surface area contributed by atoms with Crippen LogP contribution >= 0.6 is 0 Å². The van der Waals surface area contributed by atoms with Crippen LogP contribution in [0.3, 0.4) is 0 Å². The van der Waals surface area contributed by atoms with Crippen LogP contribution in [-0.2, 0) is 6.54 Å². The van der Waals surface area contributed by atoms with E-state index < -0.39 is 0 Å². The van der Waals surface area contributed by atoms with E-state index in [1.54, 1.807) is 31.4 Å². The van der Waals surface area contributed by atoms with Gasteiger partial charge in [0.2, 0.25) is 11.6 Å². The molecule has 2 aromatic carbocycles. The number of ether oxygens (including phenoxy) is 1. The van der Waals surface area contributed by atoms with Crippen LogP contribution in [0.25, 0.3) is 11.5 Å². The number of nitrogens with one attached hydrogen (secondary N) is 2. The van der Waals surface area contributed by atoms with E-state index >= 15 is 0 Å². The van der Waals surface area contributed by atoms with Gasteiger partial charge in [-0.15, -0.1) is 0 Å². The summed E-state index contributed by atoms with van der Waals surface area (Å²) in [6.07, 6.45) is 0. The quantitative estimate of drug-likeness (QED) is 0.495. The normalized spacial score (nSPS) is 10.6. The summed E-state index contributed by atoms with van der Waals surface area (Å²) in [6, 6.07) is 13.5.